The third-order valence-corrected chi connectivity index (χ3v) is 4.26. The monoisotopic (exact) mass is 326 g/mol. The van der Waals surface area contributed by atoms with E-state index in [2.05, 4.69) is 34.1 Å². The Hall–Kier alpha value is -1.60. The van der Waals surface area contributed by atoms with E-state index in [1.54, 1.807) is 11.3 Å². The molecule has 3 N–H and O–H groups in total. The maximum atomic E-state index is 5.91. The smallest absolute Gasteiger partial charge is 0.231 e. The van der Waals surface area contributed by atoms with Crippen molar-refractivity contribution in [2.24, 2.45) is 0 Å². The minimum Gasteiger partial charge on any atom is -0.368 e. The van der Waals surface area contributed by atoms with Crippen LogP contribution in [-0.2, 0) is 6.42 Å². The Balaban J connectivity index is 1.99. The molecule has 0 aliphatic rings. The van der Waals surface area contributed by atoms with Crippen LogP contribution in [0.3, 0.4) is 0 Å². The van der Waals surface area contributed by atoms with Crippen molar-refractivity contribution < 1.29 is 0 Å². The first-order valence-electron chi connectivity index (χ1n) is 6.87. The second-order valence-corrected chi connectivity index (χ2v) is 6.17. The number of halogens is 1. The fourth-order valence-corrected chi connectivity index (χ4v) is 2.98. The zero-order valence-corrected chi connectivity index (χ0v) is 13.7. The number of hydrogen-bond acceptors (Lipinski definition) is 7. The molecular weight excluding hydrogens is 308 g/mol. The minimum absolute atomic E-state index is 0.230. The highest BCUT2D eigenvalue weighted by atomic mass is 35.5. The lowest BCUT2D eigenvalue weighted by Gasteiger charge is -2.18. The van der Waals surface area contributed by atoms with Gasteiger partial charge in [-0.3, -0.25) is 0 Å². The number of nitrogens with one attached hydrogen (secondary N) is 1. The fourth-order valence-electron chi connectivity index (χ4n) is 1.89. The summed E-state index contributed by atoms with van der Waals surface area (Å²) in [4.78, 5) is 15.9. The number of aromatic nitrogens is 3. The van der Waals surface area contributed by atoms with E-state index in [0.29, 0.717) is 11.9 Å². The number of nitrogens with two attached hydrogens (primary N) is 1. The lowest BCUT2D eigenvalue weighted by molar-refractivity contribution is 0.813. The first-order chi connectivity index (χ1) is 10.1. The summed E-state index contributed by atoms with van der Waals surface area (Å²) in [5.74, 6) is 1.34. The van der Waals surface area contributed by atoms with E-state index in [4.69, 9.17) is 17.3 Å². The van der Waals surface area contributed by atoms with Crippen LogP contribution in [0.5, 0.6) is 0 Å². The van der Waals surface area contributed by atoms with Gasteiger partial charge in [-0.2, -0.15) is 15.0 Å². The number of anilines is 3. The molecule has 2 aromatic rings. The molecule has 6 nitrogen and oxygen atoms in total. The predicted molar refractivity (Wildman–Crippen MR) is 89.3 cm³/mol. The molecule has 0 aromatic carbocycles. The van der Waals surface area contributed by atoms with Gasteiger partial charge in [0.2, 0.25) is 17.8 Å². The van der Waals surface area contributed by atoms with Crippen LogP contribution in [-0.4, -0.2) is 34.6 Å². The summed E-state index contributed by atoms with van der Waals surface area (Å²) >= 11 is 7.49. The van der Waals surface area contributed by atoms with E-state index in [-0.39, 0.29) is 5.95 Å². The molecule has 0 saturated heterocycles. The average molecular weight is 327 g/mol. The number of hydrogen-bond donors (Lipinski definition) is 2. The fraction of sp³-hybridized carbons (Fsp3) is 0.462. The number of nitrogens with zero attached hydrogens (tertiary/aromatic N) is 4. The van der Waals surface area contributed by atoms with Crippen molar-refractivity contribution in [1.29, 1.82) is 0 Å². The Morgan fingerprint density at radius 1 is 1.24 bits per heavy atom. The highest BCUT2D eigenvalue weighted by molar-refractivity contribution is 7.16. The van der Waals surface area contributed by atoms with Crippen molar-refractivity contribution in [2.45, 2.75) is 20.3 Å². The molecule has 8 heteroatoms. The summed E-state index contributed by atoms with van der Waals surface area (Å²) in [6, 6.07) is 3.93. The van der Waals surface area contributed by atoms with Gasteiger partial charge >= 0.3 is 0 Å². The zero-order valence-electron chi connectivity index (χ0n) is 12.1. The molecule has 0 amide bonds. The molecule has 0 bridgehead atoms. The second kappa shape index (κ2) is 7.42. The van der Waals surface area contributed by atoms with E-state index < -0.39 is 0 Å². The average Bonchev–Trinajstić information content (AvgIpc) is 2.85. The Labute approximate surface area is 133 Å². The van der Waals surface area contributed by atoms with Crippen LogP contribution in [0.1, 0.15) is 18.7 Å². The third kappa shape index (κ3) is 4.44. The van der Waals surface area contributed by atoms with Crippen LogP contribution in [0.25, 0.3) is 0 Å². The molecule has 0 aliphatic heterocycles. The van der Waals surface area contributed by atoms with Gasteiger partial charge in [0.15, 0.2) is 0 Å². The molecule has 2 heterocycles. The largest absolute Gasteiger partial charge is 0.368 e. The lowest BCUT2D eigenvalue weighted by Crippen LogP contribution is -2.25. The summed E-state index contributed by atoms with van der Waals surface area (Å²) in [5.41, 5.74) is 5.75. The quantitative estimate of drug-likeness (QED) is 0.814. The van der Waals surface area contributed by atoms with Gasteiger partial charge in [-0.1, -0.05) is 11.6 Å². The number of thiophene rings is 1. The normalized spacial score (nSPS) is 10.6. The van der Waals surface area contributed by atoms with Crippen molar-refractivity contribution in [3.8, 4) is 0 Å². The van der Waals surface area contributed by atoms with E-state index >= 15 is 0 Å². The number of nitrogen functional groups attached to an aromatic ring is 1. The maximum Gasteiger partial charge on any atom is 0.231 e. The molecule has 0 atom stereocenters. The Bertz CT molecular complexity index is 584. The highest BCUT2D eigenvalue weighted by Gasteiger charge is 2.09. The first kappa shape index (κ1) is 15.8. The molecule has 0 fully saturated rings. The SMILES string of the molecule is CCN(CC)c1nc(N)nc(NCCc2ccc(Cl)s2)n1. The molecule has 0 spiro atoms. The van der Waals surface area contributed by atoms with Gasteiger partial charge < -0.3 is 16.0 Å². The van der Waals surface area contributed by atoms with Crippen LogP contribution < -0.4 is 16.0 Å². The van der Waals surface area contributed by atoms with Gasteiger partial charge in [0.05, 0.1) is 4.34 Å². The molecule has 0 saturated carbocycles. The molecule has 21 heavy (non-hydrogen) atoms. The van der Waals surface area contributed by atoms with Crippen LogP contribution in [0, 0.1) is 0 Å². The molecule has 0 aliphatic carbocycles. The van der Waals surface area contributed by atoms with Crippen LogP contribution >= 0.6 is 22.9 Å². The molecule has 0 unspecified atom stereocenters. The molecule has 2 aromatic heterocycles. The lowest BCUT2D eigenvalue weighted by atomic mass is 10.3. The summed E-state index contributed by atoms with van der Waals surface area (Å²) in [5, 5.41) is 3.18. The summed E-state index contributed by atoms with van der Waals surface area (Å²) < 4.78 is 0.804. The maximum absolute atomic E-state index is 5.91. The van der Waals surface area contributed by atoms with Crippen LogP contribution in [0.15, 0.2) is 12.1 Å². The Kier molecular flexibility index (Phi) is 5.58. The van der Waals surface area contributed by atoms with Crippen LogP contribution in [0.2, 0.25) is 4.34 Å². The second-order valence-electron chi connectivity index (χ2n) is 4.37. The molecule has 0 radical (unpaired) electrons. The standard InChI is InChI=1S/C13H19ClN6S/c1-3-20(4-2)13-18-11(15)17-12(19-13)16-8-7-9-5-6-10(14)21-9/h5-6H,3-4,7-8H2,1-2H3,(H3,15,16,17,18,19). The van der Waals surface area contributed by atoms with E-state index in [1.165, 1.54) is 4.88 Å². The van der Waals surface area contributed by atoms with Crippen molar-refractivity contribution >= 4 is 40.8 Å². The van der Waals surface area contributed by atoms with Crippen LogP contribution in [0.4, 0.5) is 17.8 Å². The summed E-state index contributed by atoms with van der Waals surface area (Å²) in [6.07, 6.45) is 0.865. The van der Waals surface area contributed by atoms with Gasteiger partial charge in [0.25, 0.3) is 0 Å². The molecule has 2 rings (SSSR count). The predicted octanol–water partition coefficient (Wildman–Crippen LogP) is 2.67. The zero-order chi connectivity index (χ0) is 15.2. The van der Waals surface area contributed by atoms with E-state index in [1.807, 2.05) is 17.0 Å². The van der Waals surface area contributed by atoms with Gasteiger partial charge in [0, 0.05) is 24.5 Å². The van der Waals surface area contributed by atoms with E-state index in [0.717, 1.165) is 30.4 Å². The van der Waals surface area contributed by atoms with Crippen molar-refractivity contribution in [3.05, 3.63) is 21.3 Å². The topological polar surface area (TPSA) is 80.0 Å². The summed E-state index contributed by atoms with van der Waals surface area (Å²) in [7, 11) is 0. The minimum atomic E-state index is 0.230. The first-order valence-corrected chi connectivity index (χ1v) is 8.06. The van der Waals surface area contributed by atoms with Crippen molar-refractivity contribution in [3.63, 3.8) is 0 Å². The Morgan fingerprint density at radius 2 is 2.00 bits per heavy atom. The highest BCUT2D eigenvalue weighted by Crippen LogP contribution is 2.21. The van der Waals surface area contributed by atoms with Gasteiger partial charge in [-0.25, -0.2) is 0 Å². The number of rotatable bonds is 7. The third-order valence-electron chi connectivity index (χ3n) is 2.97. The molecule has 114 valence electrons. The van der Waals surface area contributed by atoms with Crippen molar-refractivity contribution in [1.82, 2.24) is 15.0 Å². The summed E-state index contributed by atoms with van der Waals surface area (Å²) in [6.45, 7) is 6.48. The molecular formula is C13H19ClN6S. The van der Waals surface area contributed by atoms with Gasteiger partial charge in [-0.15, -0.1) is 11.3 Å². The van der Waals surface area contributed by atoms with Gasteiger partial charge in [-0.05, 0) is 32.4 Å². The Morgan fingerprint density at radius 3 is 2.62 bits per heavy atom. The van der Waals surface area contributed by atoms with Gasteiger partial charge in [0.1, 0.15) is 0 Å². The van der Waals surface area contributed by atoms with E-state index in [9.17, 15) is 0 Å². The van der Waals surface area contributed by atoms with Crippen molar-refractivity contribution in [2.75, 3.05) is 35.6 Å².